The Hall–Kier alpha value is -2.55. The number of nitrogens with one attached hydrogen (secondary N) is 2. The van der Waals surface area contributed by atoms with Crippen LogP contribution in [0.15, 0.2) is 30.3 Å². The molecule has 0 radical (unpaired) electrons. The summed E-state index contributed by atoms with van der Waals surface area (Å²) < 4.78 is 5.19. The van der Waals surface area contributed by atoms with Crippen molar-refractivity contribution in [1.29, 1.82) is 5.26 Å². The Labute approximate surface area is 148 Å². The van der Waals surface area contributed by atoms with Gasteiger partial charge in [0.05, 0.1) is 6.07 Å². The number of rotatable bonds is 7. The normalized spacial score (nSPS) is 16.2. The average molecular weight is 343 g/mol. The fraction of sp³-hybridized carbons (Fsp3) is 0.526. The molecule has 134 valence electrons. The van der Waals surface area contributed by atoms with Crippen LogP contribution in [0.3, 0.4) is 0 Å². The molecule has 2 N–H and O–H groups in total. The summed E-state index contributed by atoms with van der Waals surface area (Å²) in [5.41, 5.74) is 0.0995. The van der Waals surface area contributed by atoms with E-state index < -0.39 is 17.7 Å². The highest BCUT2D eigenvalue weighted by atomic mass is 16.5. The average Bonchev–Trinajstić information content (AvgIpc) is 2.56. The van der Waals surface area contributed by atoms with Crippen molar-refractivity contribution in [2.45, 2.75) is 57.7 Å². The van der Waals surface area contributed by atoms with Gasteiger partial charge in [-0.3, -0.25) is 4.79 Å². The summed E-state index contributed by atoms with van der Waals surface area (Å²) in [6.45, 7) is 4.09. The van der Waals surface area contributed by atoms with E-state index in [-0.39, 0.29) is 18.4 Å². The second kappa shape index (κ2) is 8.52. The highest BCUT2D eigenvalue weighted by Gasteiger charge is 2.40. The molecule has 0 aliphatic heterocycles. The van der Waals surface area contributed by atoms with Crippen LogP contribution in [0.5, 0.6) is 0 Å². The van der Waals surface area contributed by atoms with Crippen molar-refractivity contribution in [3.05, 3.63) is 35.9 Å². The van der Waals surface area contributed by atoms with Crippen LogP contribution in [-0.4, -0.2) is 23.6 Å². The van der Waals surface area contributed by atoms with Crippen LogP contribution >= 0.6 is 0 Å². The predicted molar refractivity (Wildman–Crippen MR) is 93.3 cm³/mol. The zero-order valence-electron chi connectivity index (χ0n) is 14.7. The van der Waals surface area contributed by atoms with Crippen molar-refractivity contribution in [3.8, 4) is 6.07 Å². The van der Waals surface area contributed by atoms with Gasteiger partial charge in [-0.05, 0) is 37.2 Å². The smallest absolute Gasteiger partial charge is 0.408 e. The number of benzene rings is 1. The van der Waals surface area contributed by atoms with Crippen molar-refractivity contribution < 1.29 is 14.3 Å². The highest BCUT2D eigenvalue weighted by Crippen LogP contribution is 2.31. The van der Waals surface area contributed by atoms with E-state index in [0.717, 1.165) is 12.0 Å². The van der Waals surface area contributed by atoms with E-state index in [4.69, 9.17) is 4.74 Å². The van der Waals surface area contributed by atoms with Crippen LogP contribution in [0.2, 0.25) is 0 Å². The number of nitriles is 1. The molecule has 2 amide bonds. The zero-order chi connectivity index (χ0) is 18.3. The quantitative estimate of drug-likeness (QED) is 0.796. The first kappa shape index (κ1) is 18.8. The largest absolute Gasteiger partial charge is 0.445 e. The van der Waals surface area contributed by atoms with Crippen molar-refractivity contribution in [3.63, 3.8) is 0 Å². The van der Waals surface area contributed by atoms with Gasteiger partial charge in [0.2, 0.25) is 5.91 Å². The molecule has 1 unspecified atom stereocenters. The first-order valence-corrected chi connectivity index (χ1v) is 8.64. The lowest BCUT2D eigenvalue weighted by atomic mass is 9.78. The third kappa shape index (κ3) is 5.49. The first-order valence-electron chi connectivity index (χ1n) is 8.64. The molecule has 1 aromatic rings. The molecule has 1 atom stereocenters. The summed E-state index contributed by atoms with van der Waals surface area (Å²) in [5, 5.41) is 14.7. The maximum Gasteiger partial charge on any atom is 0.408 e. The summed E-state index contributed by atoms with van der Waals surface area (Å²) in [6, 6.07) is 10.8. The van der Waals surface area contributed by atoms with E-state index in [1.54, 1.807) is 0 Å². The van der Waals surface area contributed by atoms with E-state index in [2.05, 4.69) is 16.7 Å². The van der Waals surface area contributed by atoms with Crippen LogP contribution in [0.4, 0.5) is 4.79 Å². The molecule has 0 bridgehead atoms. The van der Waals surface area contributed by atoms with Gasteiger partial charge >= 0.3 is 6.09 Å². The van der Waals surface area contributed by atoms with Crippen molar-refractivity contribution in [2.24, 2.45) is 5.92 Å². The van der Waals surface area contributed by atoms with Gasteiger partial charge in [0, 0.05) is 0 Å². The third-order valence-corrected chi connectivity index (χ3v) is 4.31. The second-order valence-corrected chi connectivity index (χ2v) is 6.92. The molecule has 0 spiro atoms. The summed E-state index contributed by atoms with van der Waals surface area (Å²) in [4.78, 5) is 24.6. The Bertz CT molecular complexity index is 633. The molecular weight excluding hydrogens is 318 g/mol. The molecule has 0 saturated heterocycles. The molecule has 25 heavy (non-hydrogen) atoms. The monoisotopic (exact) mass is 343 g/mol. The van der Waals surface area contributed by atoms with E-state index in [1.165, 1.54) is 0 Å². The van der Waals surface area contributed by atoms with Gasteiger partial charge in [-0.1, -0.05) is 44.2 Å². The van der Waals surface area contributed by atoms with E-state index in [1.807, 2.05) is 44.2 Å². The molecule has 0 heterocycles. The molecule has 2 rings (SSSR count). The maximum atomic E-state index is 12.5. The molecule has 6 heteroatoms. The van der Waals surface area contributed by atoms with Gasteiger partial charge in [-0.15, -0.1) is 0 Å². The Morgan fingerprint density at radius 2 is 1.96 bits per heavy atom. The number of carbonyl (C=O) groups is 2. The minimum atomic E-state index is -0.776. The summed E-state index contributed by atoms with van der Waals surface area (Å²) in [6.07, 6.45) is 2.08. The SMILES string of the molecule is CC(C)CC(NC(=O)OCc1ccccc1)C(=O)NC1(C#N)CCC1. The fourth-order valence-electron chi connectivity index (χ4n) is 2.73. The summed E-state index contributed by atoms with van der Waals surface area (Å²) >= 11 is 0. The lowest BCUT2D eigenvalue weighted by Gasteiger charge is -2.37. The Morgan fingerprint density at radius 1 is 1.28 bits per heavy atom. The highest BCUT2D eigenvalue weighted by molar-refractivity contribution is 5.86. The lowest BCUT2D eigenvalue weighted by molar-refractivity contribution is -0.125. The summed E-state index contributed by atoms with van der Waals surface area (Å²) in [7, 11) is 0. The molecule has 1 fully saturated rings. The molecule has 6 nitrogen and oxygen atoms in total. The molecule has 1 aromatic carbocycles. The molecule has 1 saturated carbocycles. The Kier molecular flexibility index (Phi) is 6.40. The van der Waals surface area contributed by atoms with Gasteiger partial charge in [0.15, 0.2) is 0 Å². The third-order valence-electron chi connectivity index (χ3n) is 4.31. The zero-order valence-corrected chi connectivity index (χ0v) is 14.7. The van der Waals surface area contributed by atoms with Crippen LogP contribution in [0.25, 0.3) is 0 Å². The van der Waals surface area contributed by atoms with Crippen LogP contribution in [-0.2, 0) is 16.1 Å². The van der Waals surface area contributed by atoms with Crippen LogP contribution < -0.4 is 10.6 Å². The molecule has 0 aromatic heterocycles. The second-order valence-electron chi connectivity index (χ2n) is 6.92. The number of carbonyl (C=O) groups excluding carboxylic acids is 2. The van der Waals surface area contributed by atoms with Crippen molar-refractivity contribution in [2.75, 3.05) is 0 Å². The van der Waals surface area contributed by atoms with E-state index in [0.29, 0.717) is 19.3 Å². The van der Waals surface area contributed by atoms with E-state index in [9.17, 15) is 14.9 Å². The van der Waals surface area contributed by atoms with Gasteiger partial charge < -0.3 is 15.4 Å². The van der Waals surface area contributed by atoms with Crippen molar-refractivity contribution in [1.82, 2.24) is 10.6 Å². The van der Waals surface area contributed by atoms with Crippen molar-refractivity contribution >= 4 is 12.0 Å². The minimum absolute atomic E-state index is 0.144. The molecular formula is C19H25N3O3. The maximum absolute atomic E-state index is 12.5. The first-order chi connectivity index (χ1) is 11.9. The summed E-state index contributed by atoms with van der Waals surface area (Å²) in [5.74, 6) is -0.115. The number of ether oxygens (including phenoxy) is 1. The molecule has 1 aliphatic rings. The molecule has 1 aliphatic carbocycles. The number of nitrogens with zero attached hydrogens (tertiary/aromatic N) is 1. The van der Waals surface area contributed by atoms with Gasteiger partial charge in [0.1, 0.15) is 18.2 Å². The van der Waals surface area contributed by atoms with Gasteiger partial charge in [-0.25, -0.2) is 4.79 Å². The Balaban J connectivity index is 1.91. The number of alkyl carbamates (subject to hydrolysis) is 1. The standard InChI is InChI=1S/C19H25N3O3/c1-14(2)11-16(17(23)22-19(13-20)9-6-10-19)21-18(24)25-12-15-7-4-3-5-8-15/h3-5,7-8,14,16H,6,9-12H2,1-2H3,(H,21,24)(H,22,23). The van der Waals surface area contributed by atoms with Gasteiger partial charge in [-0.2, -0.15) is 5.26 Å². The Morgan fingerprint density at radius 3 is 2.48 bits per heavy atom. The van der Waals surface area contributed by atoms with Crippen LogP contribution in [0.1, 0.15) is 45.1 Å². The topological polar surface area (TPSA) is 91.2 Å². The number of hydrogen-bond acceptors (Lipinski definition) is 4. The van der Waals surface area contributed by atoms with Crippen LogP contribution in [0, 0.1) is 17.2 Å². The predicted octanol–water partition coefficient (Wildman–Crippen LogP) is 2.89. The lowest BCUT2D eigenvalue weighted by Crippen LogP contribution is -2.58. The number of amides is 2. The van der Waals surface area contributed by atoms with Gasteiger partial charge in [0.25, 0.3) is 0 Å². The number of hydrogen-bond donors (Lipinski definition) is 2. The fourth-order valence-corrected chi connectivity index (χ4v) is 2.73. The minimum Gasteiger partial charge on any atom is -0.445 e. The van der Waals surface area contributed by atoms with E-state index >= 15 is 0 Å².